The zero-order valence-electron chi connectivity index (χ0n) is 25.1. The molecule has 1 atom stereocenters. The SMILES string of the molecule is CCCCCCCCCCCCCCCCCCOCC(CO)OCCCCCCCCCCCC. The Kier molecular flexibility index (Phi) is 32.8. The predicted octanol–water partition coefficient (Wildman–Crippen LogP) is 10.6. The molecule has 1 unspecified atom stereocenters. The van der Waals surface area contributed by atoms with Gasteiger partial charge < -0.3 is 14.6 Å². The van der Waals surface area contributed by atoms with E-state index in [2.05, 4.69) is 13.8 Å². The first-order chi connectivity index (χ1) is 17.8. The Morgan fingerprint density at radius 3 is 1.06 bits per heavy atom. The van der Waals surface area contributed by atoms with E-state index in [-0.39, 0.29) is 12.7 Å². The molecular weight excluding hydrogens is 444 g/mol. The number of rotatable bonds is 32. The minimum atomic E-state index is -0.148. The molecule has 218 valence electrons. The van der Waals surface area contributed by atoms with Gasteiger partial charge in [0.2, 0.25) is 0 Å². The molecule has 0 rings (SSSR count). The molecular formula is C33H68O3. The summed E-state index contributed by atoms with van der Waals surface area (Å²) in [6, 6.07) is 0. The lowest BCUT2D eigenvalue weighted by molar-refractivity contribution is -0.0437. The van der Waals surface area contributed by atoms with Gasteiger partial charge >= 0.3 is 0 Å². The second kappa shape index (κ2) is 32.9. The van der Waals surface area contributed by atoms with Gasteiger partial charge in [-0.05, 0) is 12.8 Å². The lowest BCUT2D eigenvalue weighted by Crippen LogP contribution is -2.24. The maximum absolute atomic E-state index is 9.53. The Hall–Kier alpha value is -0.120. The van der Waals surface area contributed by atoms with Crippen LogP contribution in [0.25, 0.3) is 0 Å². The fraction of sp³-hybridized carbons (Fsp3) is 1.00. The van der Waals surface area contributed by atoms with E-state index in [4.69, 9.17) is 9.47 Å². The Morgan fingerprint density at radius 1 is 0.417 bits per heavy atom. The molecule has 36 heavy (non-hydrogen) atoms. The number of unbranched alkanes of at least 4 members (excludes halogenated alkanes) is 24. The molecule has 0 aromatic carbocycles. The van der Waals surface area contributed by atoms with Crippen molar-refractivity contribution in [2.24, 2.45) is 0 Å². The van der Waals surface area contributed by atoms with E-state index in [1.54, 1.807) is 0 Å². The van der Waals surface area contributed by atoms with E-state index in [1.165, 1.54) is 154 Å². The van der Waals surface area contributed by atoms with Crippen molar-refractivity contribution in [3.05, 3.63) is 0 Å². The van der Waals surface area contributed by atoms with E-state index in [0.717, 1.165) is 26.1 Å². The Labute approximate surface area is 227 Å². The molecule has 3 nitrogen and oxygen atoms in total. The maximum Gasteiger partial charge on any atom is 0.104 e. The van der Waals surface area contributed by atoms with Crippen LogP contribution in [0.15, 0.2) is 0 Å². The van der Waals surface area contributed by atoms with Gasteiger partial charge in [0, 0.05) is 13.2 Å². The third-order valence-electron chi connectivity index (χ3n) is 7.50. The number of aliphatic hydroxyl groups is 1. The van der Waals surface area contributed by atoms with E-state index in [0.29, 0.717) is 6.61 Å². The van der Waals surface area contributed by atoms with Crippen molar-refractivity contribution in [3.63, 3.8) is 0 Å². The highest BCUT2D eigenvalue weighted by molar-refractivity contribution is 4.55. The lowest BCUT2D eigenvalue weighted by Gasteiger charge is -2.15. The number of hydrogen-bond acceptors (Lipinski definition) is 3. The molecule has 0 aliphatic carbocycles. The van der Waals surface area contributed by atoms with Crippen LogP contribution in [-0.4, -0.2) is 37.6 Å². The standard InChI is InChI=1S/C33H68O3/c1-3-5-7-9-11-13-15-16-17-18-19-20-21-23-25-27-29-35-32-33(31-34)36-30-28-26-24-22-14-12-10-8-6-4-2/h33-34H,3-32H2,1-2H3. The molecule has 0 aromatic heterocycles. The first-order valence-corrected chi connectivity index (χ1v) is 16.6. The number of hydrogen-bond donors (Lipinski definition) is 1. The summed E-state index contributed by atoms with van der Waals surface area (Å²) >= 11 is 0. The van der Waals surface area contributed by atoms with Gasteiger partial charge in [0.15, 0.2) is 0 Å². The molecule has 0 bridgehead atoms. The molecule has 0 aliphatic rings. The van der Waals surface area contributed by atoms with Crippen LogP contribution in [0.4, 0.5) is 0 Å². The van der Waals surface area contributed by atoms with Crippen LogP contribution in [-0.2, 0) is 9.47 Å². The molecule has 1 N–H and O–H groups in total. The van der Waals surface area contributed by atoms with Crippen molar-refractivity contribution in [1.82, 2.24) is 0 Å². The average Bonchev–Trinajstić information content (AvgIpc) is 2.89. The molecule has 0 heterocycles. The van der Waals surface area contributed by atoms with Gasteiger partial charge in [-0.15, -0.1) is 0 Å². The molecule has 0 spiro atoms. The monoisotopic (exact) mass is 513 g/mol. The van der Waals surface area contributed by atoms with Crippen molar-refractivity contribution in [1.29, 1.82) is 0 Å². The van der Waals surface area contributed by atoms with Crippen LogP contribution in [0.1, 0.15) is 181 Å². The molecule has 0 saturated carbocycles. The van der Waals surface area contributed by atoms with E-state index in [1.807, 2.05) is 0 Å². The molecule has 0 radical (unpaired) electrons. The average molecular weight is 513 g/mol. The van der Waals surface area contributed by atoms with E-state index in [9.17, 15) is 5.11 Å². The van der Waals surface area contributed by atoms with Gasteiger partial charge in [-0.25, -0.2) is 0 Å². The minimum Gasteiger partial charge on any atom is -0.394 e. The second-order valence-electron chi connectivity index (χ2n) is 11.2. The fourth-order valence-electron chi connectivity index (χ4n) is 4.96. The van der Waals surface area contributed by atoms with Crippen LogP contribution in [0.5, 0.6) is 0 Å². The molecule has 3 heteroatoms. The minimum absolute atomic E-state index is 0.0662. The largest absolute Gasteiger partial charge is 0.394 e. The first kappa shape index (κ1) is 35.9. The third kappa shape index (κ3) is 30.1. The summed E-state index contributed by atoms with van der Waals surface area (Å²) in [6.45, 7) is 6.72. The smallest absolute Gasteiger partial charge is 0.104 e. The van der Waals surface area contributed by atoms with Crippen LogP contribution < -0.4 is 0 Å². The number of ether oxygens (including phenoxy) is 2. The van der Waals surface area contributed by atoms with Crippen LogP contribution in [0.3, 0.4) is 0 Å². The molecule has 0 amide bonds. The van der Waals surface area contributed by atoms with Gasteiger partial charge in [-0.2, -0.15) is 0 Å². The van der Waals surface area contributed by atoms with Crippen LogP contribution in [0, 0.1) is 0 Å². The van der Waals surface area contributed by atoms with Crippen molar-refractivity contribution in [2.45, 2.75) is 187 Å². The Bertz CT molecular complexity index is 374. The summed E-state index contributed by atoms with van der Waals surface area (Å²) in [5.41, 5.74) is 0. The van der Waals surface area contributed by atoms with E-state index < -0.39 is 0 Å². The summed E-state index contributed by atoms with van der Waals surface area (Å²) in [5.74, 6) is 0. The lowest BCUT2D eigenvalue weighted by atomic mass is 10.0. The predicted molar refractivity (Wildman–Crippen MR) is 159 cm³/mol. The summed E-state index contributed by atoms with van der Waals surface area (Å²) < 4.78 is 11.6. The van der Waals surface area contributed by atoms with Gasteiger partial charge in [0.1, 0.15) is 6.10 Å². The van der Waals surface area contributed by atoms with Crippen molar-refractivity contribution >= 4 is 0 Å². The summed E-state index contributed by atoms with van der Waals surface area (Å²) in [6.07, 6.45) is 35.5. The summed E-state index contributed by atoms with van der Waals surface area (Å²) in [4.78, 5) is 0. The van der Waals surface area contributed by atoms with Crippen molar-refractivity contribution < 1.29 is 14.6 Å². The molecule has 0 aliphatic heterocycles. The zero-order chi connectivity index (χ0) is 26.2. The second-order valence-corrected chi connectivity index (χ2v) is 11.2. The molecule has 0 saturated heterocycles. The topological polar surface area (TPSA) is 38.7 Å². The van der Waals surface area contributed by atoms with Crippen molar-refractivity contribution in [3.8, 4) is 0 Å². The van der Waals surface area contributed by atoms with Gasteiger partial charge in [0.05, 0.1) is 13.2 Å². The quantitative estimate of drug-likeness (QED) is 0.0911. The highest BCUT2D eigenvalue weighted by atomic mass is 16.5. The van der Waals surface area contributed by atoms with Crippen molar-refractivity contribution in [2.75, 3.05) is 26.4 Å². The van der Waals surface area contributed by atoms with E-state index >= 15 is 0 Å². The third-order valence-corrected chi connectivity index (χ3v) is 7.50. The first-order valence-electron chi connectivity index (χ1n) is 16.6. The highest BCUT2D eigenvalue weighted by Crippen LogP contribution is 2.14. The van der Waals surface area contributed by atoms with Gasteiger partial charge in [-0.1, -0.05) is 168 Å². The molecule has 0 fully saturated rings. The Balaban J connectivity index is 3.24. The van der Waals surface area contributed by atoms with Crippen LogP contribution in [0.2, 0.25) is 0 Å². The summed E-state index contributed by atoms with van der Waals surface area (Å²) in [7, 11) is 0. The van der Waals surface area contributed by atoms with Gasteiger partial charge in [-0.3, -0.25) is 0 Å². The highest BCUT2D eigenvalue weighted by Gasteiger charge is 2.07. The zero-order valence-corrected chi connectivity index (χ0v) is 25.1. The normalized spacial score (nSPS) is 12.4. The summed E-state index contributed by atoms with van der Waals surface area (Å²) in [5, 5.41) is 9.53. The maximum atomic E-state index is 9.53. The fourth-order valence-corrected chi connectivity index (χ4v) is 4.96. The Morgan fingerprint density at radius 2 is 0.722 bits per heavy atom. The van der Waals surface area contributed by atoms with Crippen LogP contribution >= 0.6 is 0 Å². The van der Waals surface area contributed by atoms with Gasteiger partial charge in [0.25, 0.3) is 0 Å². The molecule has 0 aromatic rings. The number of aliphatic hydroxyl groups excluding tert-OH is 1.